The molecule has 1 radical (unpaired) electrons. The van der Waals surface area contributed by atoms with Crippen LogP contribution in [-0.2, 0) is 6.54 Å². The van der Waals surface area contributed by atoms with Crippen molar-refractivity contribution < 1.29 is 4.39 Å². The number of anilines is 1. The Morgan fingerprint density at radius 3 is 2.62 bits per heavy atom. The van der Waals surface area contributed by atoms with Crippen LogP contribution in [0.4, 0.5) is 10.1 Å². The Bertz CT molecular complexity index is 462. The summed E-state index contributed by atoms with van der Waals surface area (Å²) in [4.78, 5) is 0. The van der Waals surface area contributed by atoms with Crippen molar-refractivity contribution in [1.29, 1.82) is 0 Å². The highest BCUT2D eigenvalue weighted by molar-refractivity contribution is 5.43. The minimum atomic E-state index is -0.212. The van der Waals surface area contributed by atoms with E-state index in [-0.39, 0.29) is 5.82 Å². The molecule has 2 aromatic rings. The molecule has 2 rings (SSSR count). The molecule has 0 aliphatic heterocycles. The van der Waals surface area contributed by atoms with Gasteiger partial charge in [-0.15, -0.1) is 0 Å². The van der Waals surface area contributed by atoms with Crippen LogP contribution in [0.25, 0.3) is 0 Å². The summed E-state index contributed by atoms with van der Waals surface area (Å²) in [6.45, 7) is 2.75. The van der Waals surface area contributed by atoms with E-state index < -0.39 is 0 Å². The molecule has 0 fully saturated rings. The van der Waals surface area contributed by atoms with Crippen molar-refractivity contribution in [3.05, 3.63) is 65.5 Å². The quantitative estimate of drug-likeness (QED) is 0.824. The summed E-state index contributed by atoms with van der Waals surface area (Å²) in [5, 5.41) is 3.23. The first-order valence-corrected chi connectivity index (χ1v) is 5.21. The second-order valence-electron chi connectivity index (χ2n) is 3.74. The molecule has 0 heterocycles. The Morgan fingerprint density at radius 1 is 1.19 bits per heavy atom. The molecular formula is C14H13FN. The molecule has 0 aromatic heterocycles. The summed E-state index contributed by atoms with van der Waals surface area (Å²) >= 11 is 0. The fourth-order valence-electron chi connectivity index (χ4n) is 1.53. The summed E-state index contributed by atoms with van der Waals surface area (Å²) < 4.78 is 12.7. The third kappa shape index (κ3) is 2.83. The second-order valence-corrected chi connectivity index (χ2v) is 3.74. The Hall–Kier alpha value is -1.83. The first kappa shape index (κ1) is 10.7. The molecule has 81 valence electrons. The molecule has 2 aromatic carbocycles. The van der Waals surface area contributed by atoms with Crippen LogP contribution in [0.15, 0.2) is 42.5 Å². The molecule has 1 nitrogen and oxygen atoms in total. The molecule has 0 atom stereocenters. The van der Waals surface area contributed by atoms with Gasteiger partial charge in [-0.2, -0.15) is 0 Å². The van der Waals surface area contributed by atoms with E-state index in [2.05, 4.69) is 17.4 Å². The van der Waals surface area contributed by atoms with Crippen LogP contribution < -0.4 is 5.32 Å². The Labute approximate surface area is 94.9 Å². The zero-order valence-electron chi connectivity index (χ0n) is 9.13. The standard InChI is InChI=1S/C14H13FN/c1-11-3-2-4-12(9-11)10-16-14-7-5-13(15)6-8-14/h2,4-9,16H,10H2,1H3. The van der Waals surface area contributed by atoms with Crippen LogP contribution in [0.2, 0.25) is 0 Å². The topological polar surface area (TPSA) is 12.0 Å². The van der Waals surface area contributed by atoms with E-state index in [1.807, 2.05) is 19.1 Å². The summed E-state index contributed by atoms with van der Waals surface area (Å²) in [6, 6.07) is 15.5. The van der Waals surface area contributed by atoms with E-state index >= 15 is 0 Å². The second kappa shape index (κ2) is 4.79. The van der Waals surface area contributed by atoms with E-state index in [0.717, 1.165) is 17.8 Å². The molecule has 0 spiro atoms. The number of hydrogen-bond donors (Lipinski definition) is 1. The average molecular weight is 214 g/mol. The maximum absolute atomic E-state index is 12.7. The van der Waals surface area contributed by atoms with E-state index in [4.69, 9.17) is 0 Å². The SMILES string of the molecule is Cc1[c]ccc(CNc2ccc(F)cc2)c1. The fraction of sp³-hybridized carbons (Fsp3) is 0.143. The normalized spacial score (nSPS) is 10.1. The molecule has 16 heavy (non-hydrogen) atoms. The summed E-state index contributed by atoms with van der Waals surface area (Å²) in [5.41, 5.74) is 3.24. The number of aryl methyl sites for hydroxylation is 1. The largest absolute Gasteiger partial charge is 0.381 e. The molecule has 0 amide bonds. The molecule has 2 heteroatoms. The molecule has 0 aliphatic rings. The van der Waals surface area contributed by atoms with Crippen LogP contribution in [0.1, 0.15) is 11.1 Å². The van der Waals surface area contributed by atoms with Gasteiger partial charge in [0.25, 0.3) is 0 Å². The van der Waals surface area contributed by atoms with Crippen molar-refractivity contribution in [3.63, 3.8) is 0 Å². The van der Waals surface area contributed by atoms with Crippen molar-refractivity contribution >= 4 is 5.69 Å². The maximum atomic E-state index is 12.7. The molecule has 0 unspecified atom stereocenters. The van der Waals surface area contributed by atoms with Crippen molar-refractivity contribution in [2.45, 2.75) is 13.5 Å². The number of nitrogens with one attached hydrogen (secondary N) is 1. The van der Waals surface area contributed by atoms with Crippen molar-refractivity contribution in [2.24, 2.45) is 0 Å². The number of halogens is 1. The zero-order chi connectivity index (χ0) is 11.4. The van der Waals surface area contributed by atoms with Crippen molar-refractivity contribution in [2.75, 3.05) is 5.32 Å². The summed E-state index contributed by atoms with van der Waals surface area (Å²) in [7, 11) is 0. The predicted molar refractivity (Wildman–Crippen MR) is 63.7 cm³/mol. The van der Waals surface area contributed by atoms with Crippen molar-refractivity contribution in [3.8, 4) is 0 Å². The van der Waals surface area contributed by atoms with Crippen molar-refractivity contribution in [1.82, 2.24) is 0 Å². The minimum Gasteiger partial charge on any atom is -0.381 e. The summed E-state index contributed by atoms with van der Waals surface area (Å²) in [5.74, 6) is -0.212. The Kier molecular flexibility index (Phi) is 3.20. The van der Waals surface area contributed by atoms with E-state index in [9.17, 15) is 4.39 Å². The predicted octanol–water partition coefficient (Wildman–Crippen LogP) is 3.55. The van der Waals surface area contributed by atoms with E-state index in [1.54, 1.807) is 12.1 Å². The van der Waals surface area contributed by atoms with Gasteiger partial charge in [-0.1, -0.05) is 18.2 Å². The molecule has 0 saturated heterocycles. The van der Waals surface area contributed by atoms with Crippen LogP contribution in [0, 0.1) is 18.8 Å². The van der Waals surface area contributed by atoms with Gasteiger partial charge in [0, 0.05) is 12.2 Å². The maximum Gasteiger partial charge on any atom is 0.123 e. The van der Waals surface area contributed by atoms with E-state index in [1.165, 1.54) is 17.7 Å². The lowest BCUT2D eigenvalue weighted by Crippen LogP contribution is -1.99. The summed E-state index contributed by atoms with van der Waals surface area (Å²) in [6.07, 6.45) is 0. The first-order chi connectivity index (χ1) is 7.74. The highest BCUT2D eigenvalue weighted by Gasteiger charge is 1.95. The molecule has 0 bridgehead atoms. The average Bonchev–Trinajstić information content (AvgIpc) is 2.28. The minimum absolute atomic E-state index is 0.212. The van der Waals surface area contributed by atoms with Gasteiger partial charge in [0.15, 0.2) is 0 Å². The number of rotatable bonds is 3. The lowest BCUT2D eigenvalue weighted by atomic mass is 10.1. The van der Waals surface area contributed by atoms with Gasteiger partial charge in [0.2, 0.25) is 0 Å². The van der Waals surface area contributed by atoms with Gasteiger partial charge < -0.3 is 5.32 Å². The molecule has 0 saturated carbocycles. The molecule has 1 N–H and O–H groups in total. The van der Waals surface area contributed by atoms with Crippen LogP contribution in [0.3, 0.4) is 0 Å². The Balaban J connectivity index is 1.99. The fourth-order valence-corrected chi connectivity index (χ4v) is 1.53. The van der Waals surface area contributed by atoms with Gasteiger partial charge in [-0.05, 0) is 48.4 Å². The third-order valence-electron chi connectivity index (χ3n) is 2.35. The van der Waals surface area contributed by atoms with Gasteiger partial charge in [-0.25, -0.2) is 4.39 Å². The highest BCUT2D eigenvalue weighted by atomic mass is 19.1. The molecule has 0 aliphatic carbocycles. The first-order valence-electron chi connectivity index (χ1n) is 5.21. The third-order valence-corrected chi connectivity index (χ3v) is 2.35. The monoisotopic (exact) mass is 214 g/mol. The van der Waals surface area contributed by atoms with Gasteiger partial charge in [0.05, 0.1) is 0 Å². The number of benzene rings is 2. The van der Waals surface area contributed by atoms with Gasteiger partial charge in [-0.3, -0.25) is 0 Å². The highest BCUT2D eigenvalue weighted by Crippen LogP contribution is 2.11. The van der Waals surface area contributed by atoms with E-state index in [0.29, 0.717) is 0 Å². The molecular weight excluding hydrogens is 201 g/mol. The lowest BCUT2D eigenvalue weighted by Gasteiger charge is -2.06. The Morgan fingerprint density at radius 2 is 1.94 bits per heavy atom. The zero-order valence-corrected chi connectivity index (χ0v) is 9.13. The smallest absolute Gasteiger partial charge is 0.123 e. The number of hydrogen-bond acceptors (Lipinski definition) is 1. The van der Waals surface area contributed by atoms with Crippen LogP contribution in [-0.4, -0.2) is 0 Å². The van der Waals surface area contributed by atoms with Crippen LogP contribution >= 0.6 is 0 Å². The lowest BCUT2D eigenvalue weighted by molar-refractivity contribution is 0.628. The van der Waals surface area contributed by atoms with Gasteiger partial charge in [0.1, 0.15) is 5.82 Å². The van der Waals surface area contributed by atoms with Crippen LogP contribution in [0.5, 0.6) is 0 Å². The van der Waals surface area contributed by atoms with Gasteiger partial charge >= 0.3 is 0 Å².